The standard InChI is InChI=1S/C25H28ClFN6O2/c26-19-3-15-8-28-24(30-16-9-29-33(10-16)25-5-14(6-25)7-25)31-21(15)4-18(19)17-1-2-32(11-20(17)27)22-12-35-13-23(22)34/h3-4,8-10,14,17,20,22-23,34H,1-2,5-7,11-13H2,(H,28,30,31)/t14?,17-,20+,22-,23?,25?/m1/s1. The predicted octanol–water partition coefficient (Wildman–Crippen LogP) is 3.62. The number of aromatic nitrogens is 4. The maximum Gasteiger partial charge on any atom is 0.227 e. The summed E-state index contributed by atoms with van der Waals surface area (Å²) in [4.78, 5) is 11.1. The third-order valence-corrected chi connectivity index (χ3v) is 8.82. The van der Waals surface area contributed by atoms with E-state index in [1.165, 1.54) is 19.3 Å². The molecule has 5 aliphatic rings. The van der Waals surface area contributed by atoms with Crippen LogP contribution in [0.5, 0.6) is 0 Å². The lowest BCUT2D eigenvalue weighted by Gasteiger charge is -2.61. The van der Waals surface area contributed by atoms with Gasteiger partial charge in [-0.25, -0.2) is 14.4 Å². The number of hydrogen-bond donors (Lipinski definition) is 2. The number of aliphatic hydroxyl groups is 1. The number of nitrogens with one attached hydrogen (secondary N) is 1. The summed E-state index contributed by atoms with van der Waals surface area (Å²) in [5, 5.41) is 19.3. The first-order valence-corrected chi connectivity index (χ1v) is 12.8. The van der Waals surface area contributed by atoms with Crippen molar-refractivity contribution in [3.8, 4) is 0 Å². The number of fused-ring (bicyclic) bond motifs is 1. The van der Waals surface area contributed by atoms with Crippen molar-refractivity contribution in [1.29, 1.82) is 0 Å². The van der Waals surface area contributed by atoms with Crippen LogP contribution in [-0.2, 0) is 10.3 Å². The van der Waals surface area contributed by atoms with Crippen molar-refractivity contribution in [3.63, 3.8) is 0 Å². The summed E-state index contributed by atoms with van der Waals surface area (Å²) in [5.41, 5.74) is 2.60. The second-order valence-corrected chi connectivity index (χ2v) is 11.1. The van der Waals surface area contributed by atoms with E-state index in [4.69, 9.17) is 21.3 Å². The molecule has 3 saturated carbocycles. The molecule has 1 aromatic carbocycles. The van der Waals surface area contributed by atoms with E-state index in [2.05, 4.69) is 20.1 Å². The molecule has 0 radical (unpaired) electrons. The van der Waals surface area contributed by atoms with Crippen LogP contribution in [0.1, 0.15) is 37.2 Å². The van der Waals surface area contributed by atoms with E-state index in [0.29, 0.717) is 37.2 Å². The Labute approximate surface area is 207 Å². The van der Waals surface area contributed by atoms with Crippen LogP contribution >= 0.6 is 11.6 Å². The molecule has 1 unspecified atom stereocenters. The van der Waals surface area contributed by atoms with E-state index in [9.17, 15) is 5.11 Å². The lowest BCUT2D eigenvalue weighted by atomic mass is 9.50. The van der Waals surface area contributed by atoms with Crippen LogP contribution < -0.4 is 5.32 Å². The zero-order chi connectivity index (χ0) is 23.7. The fraction of sp³-hybridized carbons (Fsp3) is 0.560. The lowest BCUT2D eigenvalue weighted by Crippen LogP contribution is -2.59. The zero-order valence-corrected chi connectivity index (χ0v) is 20.0. The second kappa shape index (κ2) is 8.09. The van der Waals surface area contributed by atoms with Crippen LogP contribution in [0.2, 0.25) is 5.02 Å². The van der Waals surface area contributed by atoms with E-state index in [1.54, 1.807) is 6.20 Å². The fourth-order valence-corrected chi connectivity index (χ4v) is 6.67. The van der Waals surface area contributed by atoms with E-state index in [0.717, 1.165) is 28.1 Å². The zero-order valence-electron chi connectivity index (χ0n) is 19.3. The average molecular weight is 499 g/mol. The molecule has 184 valence electrons. The number of likely N-dealkylation sites (tertiary alicyclic amines) is 1. The number of hydrogen-bond acceptors (Lipinski definition) is 7. The number of alkyl halides is 1. The lowest BCUT2D eigenvalue weighted by molar-refractivity contribution is -0.0977. The maximum atomic E-state index is 15.4. The van der Waals surface area contributed by atoms with Gasteiger partial charge in [0.2, 0.25) is 5.95 Å². The molecule has 2 saturated heterocycles. The number of aliphatic hydroxyl groups excluding tert-OH is 1. The smallest absolute Gasteiger partial charge is 0.227 e. The number of halogens is 2. The van der Waals surface area contributed by atoms with Crippen molar-refractivity contribution in [2.75, 3.05) is 31.6 Å². The summed E-state index contributed by atoms with van der Waals surface area (Å²) in [6, 6.07) is 3.59. The Morgan fingerprint density at radius 3 is 2.77 bits per heavy atom. The largest absolute Gasteiger partial charge is 0.389 e. The van der Waals surface area contributed by atoms with Crippen LogP contribution in [0.25, 0.3) is 10.9 Å². The van der Waals surface area contributed by atoms with Crippen LogP contribution in [0.4, 0.5) is 16.0 Å². The number of rotatable bonds is 5. The van der Waals surface area contributed by atoms with Crippen molar-refractivity contribution in [2.24, 2.45) is 5.92 Å². The molecule has 4 atom stereocenters. The molecule has 2 aromatic heterocycles. The van der Waals surface area contributed by atoms with Gasteiger partial charge in [0.15, 0.2) is 0 Å². The summed E-state index contributed by atoms with van der Waals surface area (Å²) < 4.78 is 22.8. The van der Waals surface area contributed by atoms with Gasteiger partial charge in [0.25, 0.3) is 0 Å². The molecule has 2 N–H and O–H groups in total. The topological polar surface area (TPSA) is 88.3 Å². The van der Waals surface area contributed by atoms with Crippen molar-refractivity contribution in [1.82, 2.24) is 24.6 Å². The highest BCUT2D eigenvalue weighted by atomic mass is 35.5. The van der Waals surface area contributed by atoms with Crippen molar-refractivity contribution in [2.45, 2.75) is 55.5 Å². The third kappa shape index (κ3) is 3.63. The number of benzene rings is 1. The highest BCUT2D eigenvalue weighted by Crippen LogP contribution is 2.62. The van der Waals surface area contributed by atoms with E-state index in [1.807, 2.05) is 29.4 Å². The minimum atomic E-state index is -1.09. The van der Waals surface area contributed by atoms with Gasteiger partial charge in [-0.1, -0.05) is 11.6 Å². The number of nitrogens with zero attached hydrogens (tertiary/aromatic N) is 5. The monoisotopic (exact) mass is 498 g/mol. The molecule has 0 spiro atoms. The first-order valence-electron chi connectivity index (χ1n) is 12.4. The molecule has 5 fully saturated rings. The molecule has 0 amide bonds. The van der Waals surface area contributed by atoms with Gasteiger partial charge in [0.1, 0.15) is 6.17 Å². The average Bonchev–Trinajstić information content (AvgIpc) is 3.40. The van der Waals surface area contributed by atoms with Gasteiger partial charge >= 0.3 is 0 Å². The van der Waals surface area contributed by atoms with Gasteiger partial charge < -0.3 is 15.2 Å². The molecule has 35 heavy (non-hydrogen) atoms. The molecule has 3 aliphatic carbocycles. The first-order chi connectivity index (χ1) is 17.0. The van der Waals surface area contributed by atoms with Crippen molar-refractivity contribution >= 4 is 34.1 Å². The quantitative estimate of drug-likeness (QED) is 0.555. The molecule has 8 nitrogen and oxygen atoms in total. The van der Waals surface area contributed by atoms with Gasteiger partial charge in [0.05, 0.1) is 48.3 Å². The fourth-order valence-electron chi connectivity index (χ4n) is 6.36. The van der Waals surface area contributed by atoms with Crippen LogP contribution in [0.15, 0.2) is 30.7 Å². The Kier molecular flexibility index (Phi) is 5.07. The highest BCUT2D eigenvalue weighted by Gasteiger charge is 2.58. The van der Waals surface area contributed by atoms with Crippen LogP contribution in [-0.4, -0.2) is 74.4 Å². The SMILES string of the molecule is OC1COC[C@H]1N1CC[C@H](c2cc3nc(Nc4cnn(C56CC(C5)C6)c4)ncc3cc2Cl)[C@@H](F)C1. The Morgan fingerprint density at radius 1 is 1.20 bits per heavy atom. The molecule has 10 heteroatoms. The summed E-state index contributed by atoms with van der Waals surface area (Å²) in [6.45, 7) is 1.71. The molecule has 4 heterocycles. The van der Waals surface area contributed by atoms with Crippen LogP contribution in [0, 0.1) is 5.92 Å². The Hall–Kier alpha value is -2.33. The van der Waals surface area contributed by atoms with Gasteiger partial charge in [0, 0.05) is 35.3 Å². The van der Waals surface area contributed by atoms with Crippen molar-refractivity contribution < 1.29 is 14.2 Å². The molecule has 3 aromatic rings. The Morgan fingerprint density at radius 2 is 2.06 bits per heavy atom. The maximum absolute atomic E-state index is 15.4. The van der Waals surface area contributed by atoms with Gasteiger partial charge in [-0.05, 0) is 55.8 Å². The Balaban J connectivity index is 1.10. The van der Waals surface area contributed by atoms with Gasteiger partial charge in [-0.15, -0.1) is 0 Å². The molecular formula is C25H28ClFN6O2. The first kappa shape index (κ1) is 21.9. The summed E-state index contributed by atoms with van der Waals surface area (Å²) in [6.07, 6.45) is 8.25. The minimum absolute atomic E-state index is 0.137. The third-order valence-electron chi connectivity index (χ3n) is 8.49. The van der Waals surface area contributed by atoms with Gasteiger partial charge in [-0.3, -0.25) is 9.58 Å². The molecule has 8 rings (SSSR count). The summed E-state index contributed by atoms with van der Waals surface area (Å²) >= 11 is 6.60. The van der Waals surface area contributed by atoms with E-state index >= 15 is 4.39 Å². The predicted molar refractivity (Wildman–Crippen MR) is 130 cm³/mol. The Bertz CT molecular complexity index is 1270. The molecule has 2 aliphatic heterocycles. The molecule has 2 bridgehead atoms. The van der Waals surface area contributed by atoms with E-state index < -0.39 is 12.3 Å². The minimum Gasteiger partial charge on any atom is -0.389 e. The highest BCUT2D eigenvalue weighted by molar-refractivity contribution is 6.32. The number of ether oxygens (including phenoxy) is 1. The normalized spacial score (nSPS) is 34.5. The molecular weight excluding hydrogens is 471 g/mol. The summed E-state index contributed by atoms with van der Waals surface area (Å²) in [7, 11) is 0. The van der Waals surface area contributed by atoms with Crippen LogP contribution in [0.3, 0.4) is 0 Å². The summed E-state index contributed by atoms with van der Waals surface area (Å²) in [5.74, 6) is 1.05. The van der Waals surface area contributed by atoms with Gasteiger partial charge in [-0.2, -0.15) is 5.10 Å². The van der Waals surface area contributed by atoms with E-state index in [-0.39, 0.29) is 24.0 Å². The number of piperidine rings is 1. The van der Waals surface area contributed by atoms with Crippen molar-refractivity contribution in [3.05, 3.63) is 41.3 Å². The number of anilines is 2. The second-order valence-electron chi connectivity index (χ2n) is 10.7.